The van der Waals surface area contributed by atoms with Crippen molar-refractivity contribution in [2.24, 2.45) is 0 Å². The standard InChI is InChI=1S/C14H17NO2/c1-11-5-6-14(12(8-11)9-15)17-10-13-4-2-3-7-16-13/h5-6,8,13H,2-4,7,10H2,1H3. The van der Waals surface area contributed by atoms with Crippen molar-refractivity contribution in [3.63, 3.8) is 0 Å². The van der Waals surface area contributed by atoms with Gasteiger partial charge in [-0.15, -0.1) is 0 Å². The highest BCUT2D eigenvalue weighted by atomic mass is 16.5. The predicted molar refractivity (Wildman–Crippen MR) is 65.0 cm³/mol. The summed E-state index contributed by atoms with van der Waals surface area (Å²) in [4.78, 5) is 0. The van der Waals surface area contributed by atoms with Crippen molar-refractivity contribution in [1.82, 2.24) is 0 Å². The summed E-state index contributed by atoms with van der Waals surface area (Å²) in [7, 11) is 0. The molecule has 1 aliphatic rings. The number of rotatable bonds is 3. The molecular formula is C14H17NO2. The number of hydrogen-bond donors (Lipinski definition) is 0. The maximum Gasteiger partial charge on any atom is 0.137 e. The Labute approximate surface area is 102 Å². The van der Waals surface area contributed by atoms with Gasteiger partial charge >= 0.3 is 0 Å². The Balaban J connectivity index is 1.96. The molecule has 2 rings (SSSR count). The average Bonchev–Trinajstić information content (AvgIpc) is 2.38. The molecule has 1 aromatic rings. The van der Waals surface area contributed by atoms with Gasteiger partial charge in [0.25, 0.3) is 0 Å². The van der Waals surface area contributed by atoms with E-state index in [-0.39, 0.29) is 6.10 Å². The zero-order chi connectivity index (χ0) is 12.1. The van der Waals surface area contributed by atoms with Crippen LogP contribution in [0.4, 0.5) is 0 Å². The van der Waals surface area contributed by atoms with E-state index in [4.69, 9.17) is 14.7 Å². The van der Waals surface area contributed by atoms with Gasteiger partial charge in [-0.2, -0.15) is 5.26 Å². The summed E-state index contributed by atoms with van der Waals surface area (Å²) < 4.78 is 11.3. The average molecular weight is 231 g/mol. The summed E-state index contributed by atoms with van der Waals surface area (Å²) in [6, 6.07) is 7.82. The molecule has 1 unspecified atom stereocenters. The Morgan fingerprint density at radius 2 is 2.35 bits per heavy atom. The maximum absolute atomic E-state index is 9.02. The monoisotopic (exact) mass is 231 g/mol. The highest BCUT2D eigenvalue weighted by Gasteiger charge is 2.15. The van der Waals surface area contributed by atoms with Gasteiger partial charge in [-0.3, -0.25) is 0 Å². The first-order valence-electron chi connectivity index (χ1n) is 6.05. The van der Waals surface area contributed by atoms with Crippen LogP contribution in [0.15, 0.2) is 18.2 Å². The molecule has 17 heavy (non-hydrogen) atoms. The largest absolute Gasteiger partial charge is 0.489 e. The van der Waals surface area contributed by atoms with Crippen molar-refractivity contribution < 1.29 is 9.47 Å². The van der Waals surface area contributed by atoms with E-state index in [0.29, 0.717) is 17.9 Å². The number of nitrogens with zero attached hydrogens (tertiary/aromatic N) is 1. The molecule has 1 aliphatic heterocycles. The zero-order valence-electron chi connectivity index (χ0n) is 10.1. The van der Waals surface area contributed by atoms with Gasteiger partial charge in [0, 0.05) is 6.61 Å². The fourth-order valence-corrected chi connectivity index (χ4v) is 1.98. The first-order valence-corrected chi connectivity index (χ1v) is 6.05. The third-order valence-corrected chi connectivity index (χ3v) is 2.95. The molecule has 0 N–H and O–H groups in total. The van der Waals surface area contributed by atoms with Crippen LogP contribution < -0.4 is 4.74 Å². The summed E-state index contributed by atoms with van der Waals surface area (Å²) in [5.74, 6) is 0.660. The molecule has 90 valence electrons. The van der Waals surface area contributed by atoms with Crippen LogP contribution in [0.1, 0.15) is 30.4 Å². The van der Waals surface area contributed by atoms with E-state index in [1.807, 2.05) is 25.1 Å². The van der Waals surface area contributed by atoms with E-state index in [0.717, 1.165) is 25.0 Å². The molecule has 0 bridgehead atoms. The molecular weight excluding hydrogens is 214 g/mol. The van der Waals surface area contributed by atoms with Crippen molar-refractivity contribution in [1.29, 1.82) is 5.26 Å². The van der Waals surface area contributed by atoms with E-state index in [9.17, 15) is 0 Å². The minimum Gasteiger partial charge on any atom is -0.489 e. The zero-order valence-corrected chi connectivity index (χ0v) is 10.1. The van der Waals surface area contributed by atoms with Gasteiger partial charge < -0.3 is 9.47 Å². The summed E-state index contributed by atoms with van der Waals surface area (Å²) in [6.45, 7) is 3.33. The van der Waals surface area contributed by atoms with Gasteiger partial charge in [0.15, 0.2) is 0 Å². The molecule has 0 radical (unpaired) electrons. The molecule has 1 saturated heterocycles. The van der Waals surface area contributed by atoms with Crippen molar-refractivity contribution in [3.05, 3.63) is 29.3 Å². The first kappa shape index (κ1) is 11.9. The Hall–Kier alpha value is -1.53. The number of ether oxygens (including phenoxy) is 2. The second-order valence-electron chi connectivity index (χ2n) is 4.41. The third-order valence-electron chi connectivity index (χ3n) is 2.95. The fourth-order valence-electron chi connectivity index (χ4n) is 1.98. The van der Waals surface area contributed by atoms with E-state index in [2.05, 4.69) is 6.07 Å². The van der Waals surface area contributed by atoms with Crippen LogP contribution in [0.25, 0.3) is 0 Å². The van der Waals surface area contributed by atoms with Gasteiger partial charge in [-0.05, 0) is 43.9 Å². The van der Waals surface area contributed by atoms with Gasteiger partial charge in [-0.25, -0.2) is 0 Å². The quantitative estimate of drug-likeness (QED) is 0.803. The Morgan fingerprint density at radius 3 is 3.06 bits per heavy atom. The van der Waals surface area contributed by atoms with Crippen LogP contribution in [0.5, 0.6) is 5.75 Å². The first-order chi connectivity index (χ1) is 8.29. The van der Waals surface area contributed by atoms with Gasteiger partial charge in [0.1, 0.15) is 18.4 Å². The fraction of sp³-hybridized carbons (Fsp3) is 0.500. The lowest BCUT2D eigenvalue weighted by atomic mass is 10.1. The van der Waals surface area contributed by atoms with Crippen molar-refractivity contribution >= 4 is 0 Å². The molecule has 0 aromatic heterocycles. The minimum absolute atomic E-state index is 0.177. The number of aryl methyl sites for hydroxylation is 1. The molecule has 0 saturated carbocycles. The maximum atomic E-state index is 9.02. The van der Waals surface area contributed by atoms with E-state index >= 15 is 0 Å². The lowest BCUT2D eigenvalue weighted by Gasteiger charge is -2.22. The minimum atomic E-state index is 0.177. The van der Waals surface area contributed by atoms with Gasteiger partial charge in [-0.1, -0.05) is 6.07 Å². The molecule has 1 atom stereocenters. The molecule has 0 amide bonds. The second kappa shape index (κ2) is 5.70. The normalized spacial score (nSPS) is 19.6. The molecule has 1 heterocycles. The van der Waals surface area contributed by atoms with Crippen molar-refractivity contribution in [3.8, 4) is 11.8 Å². The van der Waals surface area contributed by atoms with Crippen LogP contribution in [-0.4, -0.2) is 19.3 Å². The lowest BCUT2D eigenvalue weighted by molar-refractivity contribution is -0.0111. The number of hydrogen-bond acceptors (Lipinski definition) is 3. The van der Waals surface area contributed by atoms with Crippen LogP contribution >= 0.6 is 0 Å². The summed E-state index contributed by atoms with van der Waals surface area (Å²) in [5.41, 5.74) is 1.67. The van der Waals surface area contributed by atoms with Crippen LogP contribution in [-0.2, 0) is 4.74 Å². The Bertz CT molecular complexity index is 417. The summed E-state index contributed by atoms with van der Waals surface area (Å²) in [6.07, 6.45) is 3.57. The van der Waals surface area contributed by atoms with Crippen LogP contribution in [0.3, 0.4) is 0 Å². The van der Waals surface area contributed by atoms with E-state index in [1.54, 1.807) is 0 Å². The van der Waals surface area contributed by atoms with Crippen LogP contribution in [0, 0.1) is 18.3 Å². The van der Waals surface area contributed by atoms with E-state index < -0.39 is 0 Å². The Morgan fingerprint density at radius 1 is 1.47 bits per heavy atom. The smallest absolute Gasteiger partial charge is 0.137 e. The highest BCUT2D eigenvalue weighted by molar-refractivity contribution is 5.45. The molecule has 1 fully saturated rings. The van der Waals surface area contributed by atoms with E-state index in [1.165, 1.54) is 6.42 Å². The molecule has 0 spiro atoms. The Kier molecular flexibility index (Phi) is 4.00. The van der Waals surface area contributed by atoms with Crippen molar-refractivity contribution in [2.45, 2.75) is 32.3 Å². The summed E-state index contributed by atoms with van der Waals surface area (Å²) >= 11 is 0. The van der Waals surface area contributed by atoms with Crippen LogP contribution in [0.2, 0.25) is 0 Å². The second-order valence-corrected chi connectivity index (χ2v) is 4.41. The topological polar surface area (TPSA) is 42.2 Å². The summed E-state index contributed by atoms with van der Waals surface area (Å²) in [5, 5.41) is 9.02. The SMILES string of the molecule is Cc1ccc(OCC2CCCCO2)c(C#N)c1. The van der Waals surface area contributed by atoms with Crippen molar-refractivity contribution in [2.75, 3.05) is 13.2 Å². The number of nitriles is 1. The van der Waals surface area contributed by atoms with Gasteiger partial charge in [0.05, 0.1) is 11.7 Å². The molecule has 3 nitrogen and oxygen atoms in total. The highest BCUT2D eigenvalue weighted by Crippen LogP contribution is 2.21. The predicted octanol–water partition coefficient (Wildman–Crippen LogP) is 2.81. The van der Waals surface area contributed by atoms with Gasteiger partial charge in [0.2, 0.25) is 0 Å². The molecule has 3 heteroatoms. The molecule has 1 aromatic carbocycles. The lowest BCUT2D eigenvalue weighted by Crippen LogP contribution is -2.25. The third kappa shape index (κ3) is 3.21. The number of benzene rings is 1. The molecule has 0 aliphatic carbocycles.